The van der Waals surface area contributed by atoms with Gasteiger partial charge in [-0.05, 0) is 30.7 Å². The van der Waals surface area contributed by atoms with E-state index < -0.39 is 5.54 Å². The molecule has 5 heteroatoms. The van der Waals surface area contributed by atoms with E-state index in [2.05, 4.69) is 5.32 Å². The van der Waals surface area contributed by atoms with Gasteiger partial charge >= 0.3 is 0 Å². The fourth-order valence-corrected chi connectivity index (χ4v) is 2.27. The van der Waals surface area contributed by atoms with Crippen LogP contribution in [0.2, 0.25) is 10.0 Å². The van der Waals surface area contributed by atoms with Crippen LogP contribution in [0.4, 0.5) is 0 Å². The van der Waals surface area contributed by atoms with Gasteiger partial charge in [-0.15, -0.1) is 0 Å². The summed E-state index contributed by atoms with van der Waals surface area (Å²) in [6, 6.07) is 14.0. The second-order valence-corrected chi connectivity index (χ2v) is 5.75. The molecule has 0 saturated carbocycles. The number of amides is 1. The van der Waals surface area contributed by atoms with Gasteiger partial charge in [0.2, 0.25) is 0 Å². The Kier molecular flexibility index (Phi) is 4.88. The Morgan fingerprint density at radius 1 is 1.14 bits per heavy atom. The molecule has 0 aliphatic carbocycles. The molecule has 2 aromatic carbocycles. The summed E-state index contributed by atoms with van der Waals surface area (Å²) in [4.78, 5) is 12.3. The number of hydrogen-bond donors (Lipinski definition) is 2. The average molecular weight is 324 g/mol. The van der Waals surface area contributed by atoms with Crippen molar-refractivity contribution in [3.8, 4) is 0 Å². The van der Waals surface area contributed by atoms with E-state index in [0.717, 1.165) is 5.56 Å². The van der Waals surface area contributed by atoms with Crippen LogP contribution in [0.3, 0.4) is 0 Å². The second kappa shape index (κ2) is 6.48. The molecule has 110 valence electrons. The van der Waals surface area contributed by atoms with Crippen molar-refractivity contribution in [3.05, 3.63) is 69.7 Å². The van der Waals surface area contributed by atoms with Crippen LogP contribution in [0, 0.1) is 0 Å². The quantitative estimate of drug-likeness (QED) is 0.902. The Bertz CT molecular complexity index is 646. The van der Waals surface area contributed by atoms with Gasteiger partial charge in [-0.1, -0.05) is 53.5 Å². The standard InChI is InChI=1S/C16H15Cl2NO2/c1-16(10-20,12-5-3-2-4-6-12)19-15(21)11-7-8-13(17)14(18)9-11/h2-9,20H,10H2,1H3,(H,19,21). The summed E-state index contributed by atoms with van der Waals surface area (Å²) < 4.78 is 0. The molecule has 0 radical (unpaired) electrons. The van der Waals surface area contributed by atoms with Crippen LogP contribution in [0.25, 0.3) is 0 Å². The van der Waals surface area contributed by atoms with Crippen molar-refractivity contribution in [2.45, 2.75) is 12.5 Å². The molecule has 0 aromatic heterocycles. The van der Waals surface area contributed by atoms with Crippen LogP contribution < -0.4 is 5.32 Å². The van der Waals surface area contributed by atoms with E-state index in [0.29, 0.717) is 15.6 Å². The molecule has 21 heavy (non-hydrogen) atoms. The Labute approximate surface area is 133 Å². The smallest absolute Gasteiger partial charge is 0.252 e. The molecular weight excluding hydrogens is 309 g/mol. The maximum atomic E-state index is 12.3. The van der Waals surface area contributed by atoms with Gasteiger partial charge in [0.05, 0.1) is 22.2 Å². The van der Waals surface area contributed by atoms with Gasteiger partial charge in [-0.3, -0.25) is 4.79 Å². The molecular formula is C16H15Cl2NO2. The highest BCUT2D eigenvalue weighted by Gasteiger charge is 2.28. The molecule has 2 rings (SSSR count). The number of hydrogen-bond acceptors (Lipinski definition) is 2. The molecule has 2 N–H and O–H groups in total. The number of aliphatic hydroxyl groups excluding tert-OH is 1. The van der Waals surface area contributed by atoms with Crippen molar-refractivity contribution in [2.75, 3.05) is 6.61 Å². The Morgan fingerprint density at radius 3 is 2.38 bits per heavy atom. The minimum Gasteiger partial charge on any atom is -0.394 e. The molecule has 0 spiro atoms. The molecule has 0 fully saturated rings. The maximum absolute atomic E-state index is 12.3. The van der Waals surface area contributed by atoms with Crippen molar-refractivity contribution >= 4 is 29.1 Å². The van der Waals surface area contributed by atoms with Crippen LogP contribution in [0.15, 0.2) is 48.5 Å². The third-order valence-corrected chi connectivity index (χ3v) is 4.04. The molecule has 1 amide bonds. The molecule has 1 atom stereocenters. The zero-order chi connectivity index (χ0) is 15.5. The van der Waals surface area contributed by atoms with Crippen LogP contribution in [0.1, 0.15) is 22.8 Å². The number of halogens is 2. The van der Waals surface area contributed by atoms with E-state index >= 15 is 0 Å². The molecule has 0 aliphatic rings. The molecule has 0 saturated heterocycles. The lowest BCUT2D eigenvalue weighted by molar-refractivity contribution is 0.0849. The van der Waals surface area contributed by atoms with E-state index in [-0.39, 0.29) is 12.5 Å². The predicted molar refractivity (Wildman–Crippen MR) is 84.8 cm³/mol. The first-order valence-corrected chi connectivity index (χ1v) is 7.16. The van der Waals surface area contributed by atoms with E-state index in [1.807, 2.05) is 30.3 Å². The van der Waals surface area contributed by atoms with Gasteiger partial charge in [0.25, 0.3) is 5.91 Å². The first-order chi connectivity index (χ1) is 9.96. The second-order valence-electron chi connectivity index (χ2n) is 4.94. The third-order valence-electron chi connectivity index (χ3n) is 3.30. The lowest BCUT2D eigenvalue weighted by Gasteiger charge is -2.29. The van der Waals surface area contributed by atoms with Gasteiger partial charge in [0.1, 0.15) is 0 Å². The summed E-state index contributed by atoms with van der Waals surface area (Å²) in [6.07, 6.45) is 0. The highest BCUT2D eigenvalue weighted by atomic mass is 35.5. The topological polar surface area (TPSA) is 49.3 Å². The first-order valence-electron chi connectivity index (χ1n) is 6.40. The van der Waals surface area contributed by atoms with Crippen molar-refractivity contribution in [1.82, 2.24) is 5.32 Å². The van der Waals surface area contributed by atoms with Crippen molar-refractivity contribution in [3.63, 3.8) is 0 Å². The van der Waals surface area contributed by atoms with E-state index in [1.165, 1.54) is 6.07 Å². The molecule has 0 heterocycles. The maximum Gasteiger partial charge on any atom is 0.252 e. The number of nitrogens with one attached hydrogen (secondary N) is 1. The minimum atomic E-state index is -0.871. The average Bonchev–Trinajstić information content (AvgIpc) is 2.50. The SMILES string of the molecule is CC(CO)(NC(=O)c1ccc(Cl)c(Cl)c1)c1ccccc1. The molecule has 0 bridgehead atoms. The number of carbonyl (C=O) groups is 1. The fourth-order valence-electron chi connectivity index (χ4n) is 1.97. The Balaban J connectivity index is 2.26. The number of aliphatic hydroxyl groups is 1. The van der Waals surface area contributed by atoms with Gasteiger partial charge in [-0.2, -0.15) is 0 Å². The van der Waals surface area contributed by atoms with Crippen molar-refractivity contribution in [2.24, 2.45) is 0 Å². The number of carbonyl (C=O) groups excluding carboxylic acids is 1. The summed E-state index contributed by atoms with van der Waals surface area (Å²) in [5.74, 6) is -0.325. The van der Waals surface area contributed by atoms with Crippen LogP contribution in [0.5, 0.6) is 0 Å². The zero-order valence-corrected chi connectivity index (χ0v) is 12.9. The molecule has 2 aromatic rings. The highest BCUT2D eigenvalue weighted by Crippen LogP contribution is 2.24. The van der Waals surface area contributed by atoms with E-state index in [9.17, 15) is 9.90 Å². The van der Waals surface area contributed by atoms with Crippen molar-refractivity contribution < 1.29 is 9.90 Å². The van der Waals surface area contributed by atoms with E-state index in [4.69, 9.17) is 23.2 Å². The fraction of sp³-hybridized carbons (Fsp3) is 0.188. The summed E-state index contributed by atoms with van der Waals surface area (Å²) >= 11 is 11.8. The summed E-state index contributed by atoms with van der Waals surface area (Å²) in [5, 5.41) is 13.2. The Hall–Kier alpha value is -1.55. The first kappa shape index (κ1) is 15.8. The van der Waals surface area contributed by atoms with Crippen LogP contribution >= 0.6 is 23.2 Å². The number of benzene rings is 2. The van der Waals surface area contributed by atoms with Crippen molar-refractivity contribution in [1.29, 1.82) is 0 Å². The number of rotatable bonds is 4. The predicted octanol–water partition coefficient (Wildman–Crippen LogP) is 3.63. The molecule has 3 nitrogen and oxygen atoms in total. The largest absolute Gasteiger partial charge is 0.394 e. The van der Waals surface area contributed by atoms with E-state index in [1.54, 1.807) is 19.1 Å². The summed E-state index contributed by atoms with van der Waals surface area (Å²) in [6.45, 7) is 1.54. The molecule has 1 unspecified atom stereocenters. The Morgan fingerprint density at radius 2 is 1.81 bits per heavy atom. The van der Waals surface area contributed by atoms with Gasteiger partial charge in [0.15, 0.2) is 0 Å². The van der Waals surface area contributed by atoms with Gasteiger partial charge in [-0.25, -0.2) is 0 Å². The molecule has 0 aliphatic heterocycles. The lowest BCUT2D eigenvalue weighted by Crippen LogP contribution is -2.46. The third kappa shape index (κ3) is 3.56. The minimum absolute atomic E-state index is 0.218. The van der Waals surface area contributed by atoms with Crippen LogP contribution in [-0.4, -0.2) is 17.6 Å². The van der Waals surface area contributed by atoms with Crippen LogP contribution in [-0.2, 0) is 5.54 Å². The van der Waals surface area contributed by atoms with Gasteiger partial charge < -0.3 is 10.4 Å². The van der Waals surface area contributed by atoms with Gasteiger partial charge in [0, 0.05) is 5.56 Å². The summed E-state index contributed by atoms with van der Waals surface area (Å²) in [7, 11) is 0. The summed E-state index contributed by atoms with van der Waals surface area (Å²) in [5.41, 5.74) is 0.339. The zero-order valence-electron chi connectivity index (χ0n) is 11.4. The monoisotopic (exact) mass is 323 g/mol. The normalized spacial score (nSPS) is 13.5. The highest BCUT2D eigenvalue weighted by molar-refractivity contribution is 6.42. The lowest BCUT2D eigenvalue weighted by atomic mass is 9.92.